The second-order valence-corrected chi connectivity index (χ2v) is 0.344. The molecule has 0 aromatic rings. The van der Waals surface area contributed by atoms with Gasteiger partial charge in [0.15, 0.2) is 17.4 Å². The van der Waals surface area contributed by atoms with Crippen molar-refractivity contribution in [3.05, 3.63) is 0 Å². The van der Waals surface area contributed by atoms with Crippen molar-refractivity contribution < 1.29 is 28.6 Å². The van der Waals surface area contributed by atoms with Crippen LogP contribution in [0.2, 0.25) is 0 Å². The molecule has 0 radical (unpaired) electrons. The fourth-order valence-corrected chi connectivity index (χ4v) is 0. The summed E-state index contributed by atoms with van der Waals surface area (Å²) in [7, 11) is 0. The molecule has 0 N–H and O–H groups in total. The van der Waals surface area contributed by atoms with Crippen molar-refractivity contribution in [1.82, 2.24) is 0 Å². The first kappa shape index (κ1) is 16.0. The van der Waals surface area contributed by atoms with Crippen LogP contribution < -0.4 is 0 Å². The summed E-state index contributed by atoms with van der Waals surface area (Å²) in [5.74, 6) is 0. The van der Waals surface area contributed by atoms with Gasteiger partial charge in [0.1, 0.15) is 0 Å². The Morgan fingerprint density at radius 1 is 1.40 bits per heavy atom. The SMILES string of the molecule is [AlH3].[H-].[H-].[Mg+2].[O]=[Ti]=[O]. The van der Waals surface area contributed by atoms with Gasteiger partial charge in [-0.1, -0.05) is 0 Å². The van der Waals surface area contributed by atoms with Gasteiger partial charge in [-0.05, 0) is 0 Å². The molecule has 0 spiro atoms. The summed E-state index contributed by atoms with van der Waals surface area (Å²) in [6, 6.07) is 0. The maximum absolute atomic E-state index is 8.50. The van der Waals surface area contributed by atoms with E-state index in [2.05, 4.69) is 0 Å². The van der Waals surface area contributed by atoms with E-state index >= 15 is 0 Å². The van der Waals surface area contributed by atoms with Crippen LogP contribution in [0, 0.1) is 0 Å². The third kappa shape index (κ3) is 28.2. The minimum atomic E-state index is -2.00. The molecule has 0 aliphatic heterocycles. The van der Waals surface area contributed by atoms with E-state index in [0.29, 0.717) is 0 Å². The van der Waals surface area contributed by atoms with Crippen molar-refractivity contribution in [2.75, 3.05) is 0 Å². The molecule has 5 heavy (non-hydrogen) atoms. The molecular formula is H5AlMgO2Ti. The second-order valence-electron chi connectivity index (χ2n) is 0.0833. The molecule has 0 saturated carbocycles. The Labute approximate surface area is 68.5 Å². The van der Waals surface area contributed by atoms with Gasteiger partial charge < -0.3 is 2.85 Å². The molecule has 0 heterocycles. The first-order valence-corrected chi connectivity index (χ1v) is 1.68. The zero-order valence-electron chi connectivity index (χ0n) is 4.02. The fraction of sp³-hybridized carbons (Fsp3) is 0. The Kier molecular flexibility index (Phi) is 55.8. The van der Waals surface area contributed by atoms with Crippen molar-refractivity contribution in [2.24, 2.45) is 0 Å². The van der Waals surface area contributed by atoms with Gasteiger partial charge in [-0.3, -0.25) is 0 Å². The third-order valence-corrected chi connectivity index (χ3v) is 0. The van der Waals surface area contributed by atoms with Crippen LogP contribution in [0.3, 0.4) is 0 Å². The molecule has 0 fully saturated rings. The van der Waals surface area contributed by atoms with Crippen LogP contribution >= 0.6 is 0 Å². The number of rotatable bonds is 0. The summed E-state index contributed by atoms with van der Waals surface area (Å²) in [4.78, 5) is 0. The van der Waals surface area contributed by atoms with Gasteiger partial charge in [0.25, 0.3) is 0 Å². The van der Waals surface area contributed by atoms with E-state index in [-0.39, 0.29) is 43.3 Å². The standard InChI is InChI=1S/Al.Mg.2O.Ti.5H/q;+2;;;;;;;2*-1. The Hall–Kier alpha value is 1.61. The molecular weight excluding hydrogens is 131 g/mol. The van der Waals surface area contributed by atoms with E-state index in [1.165, 1.54) is 0 Å². The van der Waals surface area contributed by atoms with Gasteiger partial charge in [0.2, 0.25) is 0 Å². The van der Waals surface area contributed by atoms with Crippen LogP contribution in [-0.4, -0.2) is 40.4 Å². The molecule has 2 nitrogen and oxygen atoms in total. The zero-order chi connectivity index (χ0) is 2.71. The van der Waals surface area contributed by atoms with Gasteiger partial charge in [-0.2, -0.15) is 0 Å². The van der Waals surface area contributed by atoms with Crippen LogP contribution in [-0.2, 0) is 25.7 Å². The van der Waals surface area contributed by atoms with Crippen LogP contribution in [0.15, 0.2) is 0 Å². The molecule has 0 saturated heterocycles. The van der Waals surface area contributed by atoms with Crippen LogP contribution in [0.1, 0.15) is 2.85 Å². The normalized spacial score (nSPS) is 1.60. The third-order valence-electron chi connectivity index (χ3n) is 0. The molecule has 0 aromatic carbocycles. The Bertz CT molecular complexity index is 36.7. The predicted molar refractivity (Wildman–Crippen MR) is 19.3 cm³/mol. The van der Waals surface area contributed by atoms with E-state index in [0.717, 1.165) is 0 Å². The molecule has 0 bridgehead atoms. The van der Waals surface area contributed by atoms with Crippen molar-refractivity contribution in [3.63, 3.8) is 0 Å². The molecule has 5 heteroatoms. The monoisotopic (exact) mass is 136 g/mol. The molecule has 0 atom stereocenters. The van der Waals surface area contributed by atoms with Gasteiger partial charge in [-0.25, -0.2) is 0 Å². The van der Waals surface area contributed by atoms with E-state index < -0.39 is 19.1 Å². The molecule has 0 aliphatic rings. The predicted octanol–water partition coefficient (Wildman–Crippen LogP) is -1.58. The van der Waals surface area contributed by atoms with E-state index in [1.54, 1.807) is 0 Å². The molecule has 26 valence electrons. The molecule has 0 amide bonds. The Morgan fingerprint density at radius 2 is 1.40 bits per heavy atom. The average Bonchev–Trinajstić information content (AvgIpc) is 0.918. The second kappa shape index (κ2) is 17.5. The van der Waals surface area contributed by atoms with Crippen molar-refractivity contribution in [2.45, 2.75) is 0 Å². The number of hydrogen-bond acceptors (Lipinski definition) is 2. The molecule has 0 rings (SSSR count). The zero-order valence-corrected chi connectivity index (χ0v) is 5.00. The fourth-order valence-electron chi connectivity index (χ4n) is 0. The van der Waals surface area contributed by atoms with E-state index in [1.807, 2.05) is 0 Å². The summed E-state index contributed by atoms with van der Waals surface area (Å²) >= 11 is -2.00. The molecule has 0 aliphatic carbocycles. The number of hydrogen-bond donors (Lipinski definition) is 0. The van der Waals surface area contributed by atoms with Gasteiger partial charge in [-0.15, -0.1) is 0 Å². The van der Waals surface area contributed by atoms with Gasteiger partial charge in [0, 0.05) is 0 Å². The maximum atomic E-state index is 8.50. The Balaban J connectivity index is -0.00000000333. The van der Waals surface area contributed by atoms with Gasteiger partial charge in [0.05, 0.1) is 0 Å². The Morgan fingerprint density at radius 3 is 1.40 bits per heavy atom. The minimum absolute atomic E-state index is 0. The van der Waals surface area contributed by atoms with Gasteiger partial charge >= 0.3 is 48.8 Å². The first-order chi connectivity index (χ1) is 1.41. The topological polar surface area (TPSA) is 34.1 Å². The molecule has 0 aromatic heterocycles. The summed E-state index contributed by atoms with van der Waals surface area (Å²) in [6.45, 7) is 0. The van der Waals surface area contributed by atoms with E-state index in [4.69, 9.17) is 6.65 Å². The van der Waals surface area contributed by atoms with Crippen molar-refractivity contribution in [1.29, 1.82) is 0 Å². The van der Waals surface area contributed by atoms with Crippen LogP contribution in [0.25, 0.3) is 0 Å². The average molecular weight is 136 g/mol. The van der Waals surface area contributed by atoms with Crippen molar-refractivity contribution >= 4 is 40.4 Å². The van der Waals surface area contributed by atoms with Crippen molar-refractivity contribution in [3.8, 4) is 0 Å². The summed E-state index contributed by atoms with van der Waals surface area (Å²) < 4.78 is 17.0. The summed E-state index contributed by atoms with van der Waals surface area (Å²) in [5, 5.41) is 0. The summed E-state index contributed by atoms with van der Waals surface area (Å²) in [5.41, 5.74) is 0. The van der Waals surface area contributed by atoms with Crippen LogP contribution in [0.4, 0.5) is 0 Å². The molecule has 0 unspecified atom stereocenters. The van der Waals surface area contributed by atoms with Crippen LogP contribution in [0.5, 0.6) is 0 Å². The summed E-state index contributed by atoms with van der Waals surface area (Å²) in [6.07, 6.45) is 0. The quantitative estimate of drug-likeness (QED) is 0.377. The first-order valence-electron chi connectivity index (χ1n) is 0.408. The van der Waals surface area contributed by atoms with E-state index in [9.17, 15) is 0 Å².